The molecule has 1 N–H and O–H groups in total. The van der Waals surface area contributed by atoms with E-state index in [4.69, 9.17) is 4.42 Å². The van der Waals surface area contributed by atoms with Gasteiger partial charge in [0, 0.05) is 29.9 Å². The number of sulfonamides is 1. The Labute approximate surface area is 182 Å². The van der Waals surface area contributed by atoms with Crippen molar-refractivity contribution in [2.24, 2.45) is 0 Å². The number of aromatic nitrogens is 1. The van der Waals surface area contributed by atoms with Crippen molar-refractivity contribution in [1.82, 2.24) is 9.29 Å². The molecule has 1 saturated carbocycles. The Bertz CT molecular complexity index is 1150. The fourth-order valence-corrected chi connectivity index (χ4v) is 5.37. The minimum atomic E-state index is -3.67. The van der Waals surface area contributed by atoms with Crippen LogP contribution in [0.3, 0.4) is 0 Å². The number of anilines is 1. The Balaban J connectivity index is 1.53. The quantitative estimate of drug-likeness (QED) is 0.608. The van der Waals surface area contributed by atoms with Crippen LogP contribution in [0, 0.1) is 0 Å². The predicted octanol–water partition coefficient (Wildman–Crippen LogP) is 4.55. The first-order chi connectivity index (χ1) is 14.9. The third-order valence-corrected chi connectivity index (χ3v) is 7.57. The summed E-state index contributed by atoms with van der Waals surface area (Å²) in [5, 5.41) is 2.82. The molecule has 0 atom stereocenters. The number of hydrogen-bond acceptors (Lipinski definition) is 5. The second kappa shape index (κ2) is 9.03. The van der Waals surface area contributed by atoms with Gasteiger partial charge >= 0.3 is 0 Å². The smallest absolute Gasteiger partial charge is 0.255 e. The van der Waals surface area contributed by atoms with E-state index in [1.165, 1.54) is 22.7 Å². The maximum Gasteiger partial charge on any atom is 0.255 e. The van der Waals surface area contributed by atoms with Gasteiger partial charge in [-0.2, -0.15) is 4.31 Å². The van der Waals surface area contributed by atoms with Gasteiger partial charge in [-0.3, -0.25) is 4.79 Å². The molecule has 0 saturated heterocycles. The molecule has 8 heteroatoms. The highest BCUT2D eigenvalue weighted by Gasteiger charge is 2.29. The van der Waals surface area contributed by atoms with Crippen molar-refractivity contribution in [2.75, 3.05) is 12.4 Å². The lowest BCUT2D eigenvalue weighted by Gasteiger charge is -2.30. The number of carbonyl (C=O) groups is 1. The number of carbonyl (C=O) groups excluding carboxylic acids is 1. The number of rotatable bonds is 6. The molecule has 7 nitrogen and oxygen atoms in total. The van der Waals surface area contributed by atoms with Gasteiger partial charge in [0.05, 0.1) is 11.1 Å². The van der Waals surface area contributed by atoms with Gasteiger partial charge in [-0.15, -0.1) is 0 Å². The number of hydrogen-bond donors (Lipinski definition) is 1. The van der Waals surface area contributed by atoms with Gasteiger partial charge in [0.2, 0.25) is 15.9 Å². The molecule has 0 bridgehead atoms. The van der Waals surface area contributed by atoms with Crippen LogP contribution in [0.1, 0.15) is 42.5 Å². The van der Waals surface area contributed by atoms with Crippen molar-refractivity contribution < 1.29 is 17.6 Å². The number of nitrogens with zero attached hydrogens (tertiary/aromatic N) is 2. The SMILES string of the molecule is CN(C1CCCCC1)S(=O)(=O)c1cccc(C(=O)Nc2cccc(-c3ncco3)c2)c1. The summed E-state index contributed by atoms with van der Waals surface area (Å²) < 4.78 is 33.0. The fourth-order valence-electron chi connectivity index (χ4n) is 3.90. The lowest BCUT2D eigenvalue weighted by molar-refractivity contribution is 0.102. The zero-order valence-corrected chi connectivity index (χ0v) is 18.1. The van der Waals surface area contributed by atoms with E-state index in [1.54, 1.807) is 43.6 Å². The van der Waals surface area contributed by atoms with Gasteiger partial charge in [0.25, 0.3) is 5.91 Å². The molecule has 0 unspecified atom stereocenters. The van der Waals surface area contributed by atoms with Gasteiger partial charge in [-0.05, 0) is 49.2 Å². The predicted molar refractivity (Wildman–Crippen MR) is 118 cm³/mol. The summed E-state index contributed by atoms with van der Waals surface area (Å²) in [6.45, 7) is 0. The maximum atomic E-state index is 13.1. The summed E-state index contributed by atoms with van der Waals surface area (Å²) in [4.78, 5) is 17.0. The van der Waals surface area contributed by atoms with Crippen molar-refractivity contribution in [3.63, 3.8) is 0 Å². The van der Waals surface area contributed by atoms with E-state index in [0.717, 1.165) is 37.7 Å². The maximum absolute atomic E-state index is 13.1. The average Bonchev–Trinajstić information content (AvgIpc) is 3.34. The van der Waals surface area contributed by atoms with Gasteiger partial charge in [0.15, 0.2) is 0 Å². The highest BCUT2D eigenvalue weighted by atomic mass is 32.2. The topological polar surface area (TPSA) is 92.5 Å². The third-order valence-electron chi connectivity index (χ3n) is 5.66. The molecule has 4 rings (SSSR count). The second-order valence-electron chi connectivity index (χ2n) is 7.71. The zero-order chi connectivity index (χ0) is 21.8. The summed E-state index contributed by atoms with van der Waals surface area (Å²) in [7, 11) is -2.04. The lowest BCUT2D eigenvalue weighted by atomic mass is 9.96. The Kier molecular flexibility index (Phi) is 6.20. The van der Waals surface area contributed by atoms with E-state index in [1.807, 2.05) is 6.07 Å². The van der Waals surface area contributed by atoms with Crippen LogP contribution in [-0.4, -0.2) is 36.7 Å². The first kappa shape index (κ1) is 21.3. The van der Waals surface area contributed by atoms with Crippen LogP contribution in [0.4, 0.5) is 5.69 Å². The fraction of sp³-hybridized carbons (Fsp3) is 0.304. The summed E-state index contributed by atoms with van der Waals surface area (Å²) in [6.07, 6.45) is 8.01. The Morgan fingerprint density at radius 1 is 1.10 bits per heavy atom. The molecule has 0 radical (unpaired) electrons. The largest absolute Gasteiger partial charge is 0.445 e. The number of nitrogens with one attached hydrogen (secondary N) is 1. The van der Waals surface area contributed by atoms with Gasteiger partial charge in [-0.1, -0.05) is 31.4 Å². The number of amides is 1. The normalized spacial score (nSPS) is 15.2. The van der Waals surface area contributed by atoms with Crippen LogP contribution in [0.15, 0.2) is 70.3 Å². The molecule has 1 aliphatic carbocycles. The van der Waals surface area contributed by atoms with E-state index in [2.05, 4.69) is 10.3 Å². The molecular weight excluding hydrogens is 414 g/mol. The van der Waals surface area contributed by atoms with Crippen LogP contribution in [0.2, 0.25) is 0 Å². The Hall–Kier alpha value is -2.97. The van der Waals surface area contributed by atoms with Gasteiger partial charge < -0.3 is 9.73 Å². The summed E-state index contributed by atoms with van der Waals surface area (Å²) >= 11 is 0. The molecule has 1 amide bonds. The van der Waals surface area contributed by atoms with Crippen molar-refractivity contribution in [3.8, 4) is 11.5 Å². The highest BCUT2D eigenvalue weighted by molar-refractivity contribution is 7.89. The Morgan fingerprint density at radius 3 is 2.61 bits per heavy atom. The van der Waals surface area contributed by atoms with Crippen LogP contribution in [0.25, 0.3) is 11.5 Å². The van der Waals surface area contributed by atoms with Gasteiger partial charge in [0.1, 0.15) is 6.26 Å². The highest BCUT2D eigenvalue weighted by Crippen LogP contribution is 2.27. The molecule has 1 aliphatic rings. The van der Waals surface area contributed by atoms with E-state index in [9.17, 15) is 13.2 Å². The van der Waals surface area contributed by atoms with Crippen molar-refractivity contribution in [3.05, 3.63) is 66.6 Å². The van der Waals surface area contributed by atoms with Crippen LogP contribution < -0.4 is 5.32 Å². The standard InChI is InChI=1S/C23H25N3O4S/c1-26(20-10-3-2-4-11-20)31(28,29)21-12-6-7-17(16-21)22(27)25-19-9-5-8-18(15-19)23-24-13-14-30-23/h5-9,12-16,20H,2-4,10-11H2,1H3,(H,25,27). The number of oxazole rings is 1. The molecule has 0 spiro atoms. The molecule has 31 heavy (non-hydrogen) atoms. The Morgan fingerprint density at radius 2 is 1.87 bits per heavy atom. The minimum absolute atomic E-state index is 0.00850. The first-order valence-corrected chi connectivity index (χ1v) is 11.8. The van der Waals surface area contributed by atoms with Crippen LogP contribution >= 0.6 is 0 Å². The molecule has 2 aromatic carbocycles. The van der Waals surface area contributed by atoms with E-state index >= 15 is 0 Å². The second-order valence-corrected chi connectivity index (χ2v) is 9.71. The van der Waals surface area contributed by atoms with Crippen molar-refractivity contribution >= 4 is 21.6 Å². The molecule has 0 aliphatic heterocycles. The molecule has 1 aromatic heterocycles. The summed E-state index contributed by atoms with van der Waals surface area (Å²) in [5.41, 5.74) is 1.57. The first-order valence-electron chi connectivity index (χ1n) is 10.3. The molecule has 162 valence electrons. The van der Waals surface area contributed by atoms with E-state index in [0.29, 0.717) is 11.6 Å². The monoisotopic (exact) mass is 439 g/mol. The molecule has 1 heterocycles. The summed E-state index contributed by atoms with van der Waals surface area (Å²) in [5.74, 6) is 0.0665. The molecule has 1 fully saturated rings. The third kappa shape index (κ3) is 4.70. The van der Waals surface area contributed by atoms with Gasteiger partial charge in [-0.25, -0.2) is 13.4 Å². The van der Waals surface area contributed by atoms with Crippen LogP contribution in [-0.2, 0) is 10.0 Å². The zero-order valence-electron chi connectivity index (χ0n) is 17.3. The molecule has 3 aromatic rings. The van der Waals surface area contributed by atoms with Crippen molar-refractivity contribution in [1.29, 1.82) is 0 Å². The molecular formula is C23H25N3O4S. The minimum Gasteiger partial charge on any atom is -0.445 e. The van der Waals surface area contributed by atoms with E-state index in [-0.39, 0.29) is 22.4 Å². The average molecular weight is 440 g/mol. The van der Waals surface area contributed by atoms with Crippen molar-refractivity contribution in [2.45, 2.75) is 43.0 Å². The number of benzene rings is 2. The van der Waals surface area contributed by atoms with E-state index < -0.39 is 10.0 Å². The summed E-state index contributed by atoms with van der Waals surface area (Å²) in [6, 6.07) is 13.3. The lowest BCUT2D eigenvalue weighted by Crippen LogP contribution is -2.38. The van der Waals surface area contributed by atoms with Crippen LogP contribution in [0.5, 0.6) is 0 Å².